The van der Waals surface area contributed by atoms with E-state index in [1.54, 1.807) is 0 Å². The Balaban J connectivity index is 2.07. The monoisotopic (exact) mass is 236 g/mol. The molecule has 0 bridgehead atoms. The van der Waals surface area contributed by atoms with Crippen molar-refractivity contribution in [2.75, 3.05) is 0 Å². The predicted molar refractivity (Wildman–Crippen MR) is 69.0 cm³/mol. The summed E-state index contributed by atoms with van der Waals surface area (Å²) in [4.78, 5) is 0. The zero-order valence-corrected chi connectivity index (χ0v) is 10.9. The molecule has 2 rings (SSSR count). The molecular formula is C13H24N4. The molecule has 3 N–H and O–H groups in total. The fourth-order valence-corrected chi connectivity index (χ4v) is 3.07. The van der Waals surface area contributed by atoms with Gasteiger partial charge in [-0.05, 0) is 30.7 Å². The molecule has 4 nitrogen and oxygen atoms in total. The second kappa shape index (κ2) is 5.65. The van der Waals surface area contributed by atoms with Crippen LogP contribution in [0, 0.1) is 11.8 Å². The highest BCUT2D eigenvalue weighted by Gasteiger charge is 2.29. The molecule has 1 aromatic rings. The van der Waals surface area contributed by atoms with Crippen molar-refractivity contribution < 1.29 is 0 Å². The smallest absolute Gasteiger partial charge is 0.0810 e. The second-order valence-corrected chi connectivity index (χ2v) is 5.26. The van der Waals surface area contributed by atoms with Crippen LogP contribution in [0.4, 0.5) is 0 Å². The standard InChI is InChI=1S/C13H24N4/c1-3-10-5-4-6-11(9-10)13(15-14)12-7-8-17(2)16-12/h7-8,10-11,13,15H,3-6,9,14H2,1-2H3. The van der Waals surface area contributed by atoms with E-state index >= 15 is 0 Å². The third kappa shape index (κ3) is 2.87. The van der Waals surface area contributed by atoms with Crippen molar-refractivity contribution in [3.05, 3.63) is 18.0 Å². The van der Waals surface area contributed by atoms with Crippen LogP contribution in [0.5, 0.6) is 0 Å². The van der Waals surface area contributed by atoms with Crippen molar-refractivity contribution in [3.8, 4) is 0 Å². The fourth-order valence-electron chi connectivity index (χ4n) is 3.07. The van der Waals surface area contributed by atoms with Gasteiger partial charge in [-0.2, -0.15) is 5.10 Å². The van der Waals surface area contributed by atoms with Crippen LogP contribution in [-0.2, 0) is 7.05 Å². The summed E-state index contributed by atoms with van der Waals surface area (Å²) in [6, 6.07) is 2.28. The number of nitrogens with one attached hydrogen (secondary N) is 1. The number of rotatable bonds is 4. The summed E-state index contributed by atoms with van der Waals surface area (Å²) >= 11 is 0. The van der Waals surface area contributed by atoms with Gasteiger partial charge in [0.25, 0.3) is 0 Å². The third-order valence-corrected chi connectivity index (χ3v) is 4.10. The summed E-state index contributed by atoms with van der Waals surface area (Å²) in [7, 11) is 1.95. The molecular weight excluding hydrogens is 212 g/mol. The molecule has 1 aliphatic rings. The molecule has 1 saturated carbocycles. The summed E-state index contributed by atoms with van der Waals surface area (Å²) in [6.45, 7) is 2.29. The molecule has 0 aromatic carbocycles. The highest BCUT2D eigenvalue weighted by molar-refractivity contribution is 5.07. The van der Waals surface area contributed by atoms with E-state index in [2.05, 4.69) is 23.5 Å². The highest BCUT2D eigenvalue weighted by Crippen LogP contribution is 2.37. The zero-order valence-electron chi connectivity index (χ0n) is 10.9. The Hall–Kier alpha value is -0.870. The summed E-state index contributed by atoms with van der Waals surface area (Å²) in [5.41, 5.74) is 4.05. The lowest BCUT2D eigenvalue weighted by molar-refractivity contribution is 0.207. The van der Waals surface area contributed by atoms with Gasteiger partial charge in [0.2, 0.25) is 0 Å². The molecule has 0 saturated heterocycles. The highest BCUT2D eigenvalue weighted by atomic mass is 15.3. The van der Waals surface area contributed by atoms with Crippen molar-refractivity contribution in [1.29, 1.82) is 0 Å². The van der Waals surface area contributed by atoms with Crippen LogP contribution in [0.25, 0.3) is 0 Å². The number of hydrogen-bond donors (Lipinski definition) is 2. The van der Waals surface area contributed by atoms with Crippen LogP contribution >= 0.6 is 0 Å². The Labute approximate surface area is 104 Å². The Bertz CT molecular complexity index is 347. The van der Waals surface area contributed by atoms with Gasteiger partial charge in [-0.1, -0.05) is 26.2 Å². The molecule has 0 radical (unpaired) electrons. The largest absolute Gasteiger partial charge is 0.275 e. The average molecular weight is 236 g/mol. The van der Waals surface area contributed by atoms with Gasteiger partial charge in [0.05, 0.1) is 11.7 Å². The average Bonchev–Trinajstić information content (AvgIpc) is 2.77. The summed E-state index contributed by atoms with van der Waals surface area (Å²) in [5, 5.41) is 4.48. The SMILES string of the molecule is CCC1CCCC(C(NN)c2ccn(C)n2)C1. The first-order valence-corrected chi connectivity index (χ1v) is 6.70. The Morgan fingerprint density at radius 1 is 1.59 bits per heavy atom. The molecule has 17 heavy (non-hydrogen) atoms. The van der Waals surface area contributed by atoms with E-state index < -0.39 is 0 Å². The van der Waals surface area contributed by atoms with Gasteiger partial charge in [-0.3, -0.25) is 16.0 Å². The maximum atomic E-state index is 5.73. The van der Waals surface area contributed by atoms with E-state index in [0.717, 1.165) is 11.6 Å². The van der Waals surface area contributed by atoms with E-state index in [9.17, 15) is 0 Å². The maximum Gasteiger partial charge on any atom is 0.0810 e. The van der Waals surface area contributed by atoms with Gasteiger partial charge in [0.15, 0.2) is 0 Å². The number of nitrogens with two attached hydrogens (primary N) is 1. The summed E-state index contributed by atoms with van der Waals surface area (Å²) in [6.07, 6.45) is 8.53. The lowest BCUT2D eigenvalue weighted by atomic mass is 9.76. The number of aryl methyl sites for hydroxylation is 1. The van der Waals surface area contributed by atoms with Gasteiger partial charge in [-0.15, -0.1) is 0 Å². The zero-order chi connectivity index (χ0) is 12.3. The van der Waals surface area contributed by atoms with Crippen molar-refractivity contribution >= 4 is 0 Å². The van der Waals surface area contributed by atoms with Crippen LogP contribution in [-0.4, -0.2) is 9.78 Å². The lowest BCUT2D eigenvalue weighted by Crippen LogP contribution is -2.36. The van der Waals surface area contributed by atoms with Crippen LogP contribution < -0.4 is 11.3 Å². The third-order valence-electron chi connectivity index (χ3n) is 4.10. The van der Waals surface area contributed by atoms with Gasteiger partial charge in [-0.25, -0.2) is 0 Å². The summed E-state index contributed by atoms with van der Waals surface area (Å²) in [5.74, 6) is 7.23. The predicted octanol–water partition coefficient (Wildman–Crippen LogP) is 2.14. The first-order valence-electron chi connectivity index (χ1n) is 6.70. The van der Waals surface area contributed by atoms with Gasteiger partial charge >= 0.3 is 0 Å². The minimum Gasteiger partial charge on any atom is -0.275 e. The first kappa shape index (κ1) is 12.6. The summed E-state index contributed by atoms with van der Waals surface area (Å²) < 4.78 is 1.85. The van der Waals surface area contributed by atoms with E-state index in [4.69, 9.17) is 5.84 Å². The van der Waals surface area contributed by atoms with E-state index in [1.165, 1.54) is 32.1 Å². The molecule has 0 spiro atoms. The number of aromatic nitrogens is 2. The molecule has 1 aromatic heterocycles. The van der Waals surface area contributed by atoms with Gasteiger partial charge in [0, 0.05) is 13.2 Å². The Kier molecular flexibility index (Phi) is 4.18. The topological polar surface area (TPSA) is 55.9 Å². The van der Waals surface area contributed by atoms with E-state index in [1.807, 2.05) is 17.9 Å². The minimum absolute atomic E-state index is 0.213. The molecule has 3 atom stereocenters. The van der Waals surface area contributed by atoms with Crippen LogP contribution in [0.15, 0.2) is 12.3 Å². The Morgan fingerprint density at radius 3 is 3.00 bits per heavy atom. The molecule has 1 fully saturated rings. The van der Waals surface area contributed by atoms with Gasteiger partial charge < -0.3 is 0 Å². The molecule has 3 unspecified atom stereocenters. The fraction of sp³-hybridized carbons (Fsp3) is 0.769. The lowest BCUT2D eigenvalue weighted by Gasteiger charge is -2.33. The number of hydrogen-bond acceptors (Lipinski definition) is 3. The van der Waals surface area contributed by atoms with Crippen molar-refractivity contribution in [2.24, 2.45) is 24.7 Å². The molecule has 1 aliphatic carbocycles. The molecule has 0 aliphatic heterocycles. The van der Waals surface area contributed by atoms with E-state index in [0.29, 0.717) is 5.92 Å². The molecule has 96 valence electrons. The molecule has 1 heterocycles. The van der Waals surface area contributed by atoms with Crippen molar-refractivity contribution in [1.82, 2.24) is 15.2 Å². The van der Waals surface area contributed by atoms with Crippen molar-refractivity contribution in [3.63, 3.8) is 0 Å². The first-order chi connectivity index (χ1) is 8.24. The Morgan fingerprint density at radius 2 is 2.41 bits per heavy atom. The second-order valence-electron chi connectivity index (χ2n) is 5.26. The van der Waals surface area contributed by atoms with Crippen LogP contribution in [0.1, 0.15) is 50.8 Å². The van der Waals surface area contributed by atoms with E-state index in [-0.39, 0.29) is 6.04 Å². The molecule has 4 heteroatoms. The quantitative estimate of drug-likeness (QED) is 0.622. The van der Waals surface area contributed by atoms with Gasteiger partial charge in [0.1, 0.15) is 0 Å². The normalized spacial score (nSPS) is 27.0. The van der Waals surface area contributed by atoms with Crippen LogP contribution in [0.3, 0.4) is 0 Å². The number of hydrazine groups is 1. The van der Waals surface area contributed by atoms with Crippen LogP contribution in [0.2, 0.25) is 0 Å². The maximum absolute atomic E-state index is 5.73. The number of nitrogens with zero attached hydrogens (tertiary/aromatic N) is 2. The molecule has 0 amide bonds. The minimum atomic E-state index is 0.213. The van der Waals surface area contributed by atoms with Crippen molar-refractivity contribution in [2.45, 2.75) is 45.1 Å².